The monoisotopic (exact) mass is 580 g/mol. The highest BCUT2D eigenvalue weighted by atomic mass is 79.9. The van der Waals surface area contributed by atoms with Gasteiger partial charge in [-0.25, -0.2) is 4.39 Å². The van der Waals surface area contributed by atoms with Gasteiger partial charge in [-0.05, 0) is 39.2 Å². The maximum atomic E-state index is 13.7. The number of nitrogens with zero attached hydrogens (tertiary/aromatic N) is 2. The van der Waals surface area contributed by atoms with Crippen LogP contribution in [0.25, 0.3) is 0 Å². The molecule has 190 valence electrons. The van der Waals surface area contributed by atoms with Crippen LogP contribution in [-0.4, -0.2) is 47.2 Å². The predicted octanol–water partition coefficient (Wildman–Crippen LogP) is 4.12. The first-order valence-corrected chi connectivity index (χ1v) is 12.1. The molecular weight excluding hydrogens is 559 g/mol. The van der Waals surface area contributed by atoms with Crippen LogP contribution in [0.1, 0.15) is 27.7 Å². The number of pyridine rings is 1. The Hall–Kier alpha value is -2.76. The number of aliphatic hydroxyl groups is 1. The first-order valence-electron chi connectivity index (χ1n) is 10.9. The first kappa shape index (κ1) is 26.3. The van der Waals surface area contributed by atoms with Crippen LogP contribution in [0, 0.1) is 5.82 Å². The maximum Gasteiger partial charge on any atom is 0.276 e. The average Bonchev–Trinajstić information content (AvgIpc) is 2.87. The van der Waals surface area contributed by atoms with E-state index in [4.69, 9.17) is 25.8 Å². The van der Waals surface area contributed by atoms with Crippen LogP contribution in [-0.2, 0) is 22.6 Å². The lowest BCUT2D eigenvalue weighted by atomic mass is 10.1. The maximum absolute atomic E-state index is 13.7. The molecule has 0 bridgehead atoms. The minimum Gasteiger partial charge on any atom is -0.483 e. The molecule has 2 aromatic carbocycles. The van der Waals surface area contributed by atoms with E-state index in [1.807, 2.05) is 30.3 Å². The van der Waals surface area contributed by atoms with Gasteiger partial charge in [-0.2, -0.15) is 0 Å². The molecule has 2 unspecified atom stereocenters. The summed E-state index contributed by atoms with van der Waals surface area (Å²) in [5.41, 5.74) is 0.744. The van der Waals surface area contributed by atoms with Crippen molar-refractivity contribution < 1.29 is 28.5 Å². The summed E-state index contributed by atoms with van der Waals surface area (Å²) in [5.74, 6) is -1.40. The molecule has 1 aromatic heterocycles. The van der Waals surface area contributed by atoms with Gasteiger partial charge in [0.05, 0.1) is 16.1 Å². The molecule has 0 spiro atoms. The van der Waals surface area contributed by atoms with Crippen LogP contribution in [0.4, 0.5) is 4.39 Å². The van der Waals surface area contributed by atoms with Gasteiger partial charge in [-0.1, -0.05) is 48.0 Å². The molecule has 2 atom stereocenters. The van der Waals surface area contributed by atoms with Gasteiger partial charge in [0.25, 0.3) is 5.91 Å². The van der Waals surface area contributed by atoms with Crippen molar-refractivity contribution in [3.8, 4) is 5.75 Å². The molecule has 0 aliphatic carbocycles. The molecule has 1 aliphatic rings. The SMILES string of the molecule is COCOCC1C(O)N(Cc2ccc(F)c(Cl)c2)C(=O)c2c(OCc3ccccc3)c(=O)c(Br)cn21. The second-order valence-corrected chi connectivity index (χ2v) is 9.37. The van der Waals surface area contributed by atoms with E-state index in [0.29, 0.717) is 5.56 Å². The molecular formula is C25H23BrClFN2O6. The van der Waals surface area contributed by atoms with E-state index in [-0.39, 0.29) is 47.5 Å². The highest BCUT2D eigenvalue weighted by molar-refractivity contribution is 9.10. The molecule has 1 aliphatic heterocycles. The Morgan fingerprint density at radius 1 is 1.14 bits per heavy atom. The lowest BCUT2D eigenvalue weighted by Gasteiger charge is -2.40. The van der Waals surface area contributed by atoms with Gasteiger partial charge in [-0.3, -0.25) is 9.59 Å². The summed E-state index contributed by atoms with van der Waals surface area (Å²) >= 11 is 9.16. The van der Waals surface area contributed by atoms with Gasteiger partial charge in [-0.15, -0.1) is 0 Å². The molecule has 8 nitrogen and oxygen atoms in total. The van der Waals surface area contributed by atoms with Crippen molar-refractivity contribution in [1.29, 1.82) is 0 Å². The number of halogens is 3. The molecule has 1 amide bonds. The lowest BCUT2D eigenvalue weighted by Crippen LogP contribution is -2.52. The summed E-state index contributed by atoms with van der Waals surface area (Å²) in [6.45, 7) is -0.126. The molecule has 36 heavy (non-hydrogen) atoms. The van der Waals surface area contributed by atoms with Crippen LogP contribution in [0.5, 0.6) is 5.75 Å². The molecule has 0 fully saturated rings. The number of hydrogen-bond acceptors (Lipinski definition) is 6. The van der Waals surface area contributed by atoms with Gasteiger partial charge in [0.2, 0.25) is 5.43 Å². The Bertz CT molecular complexity index is 1310. The second-order valence-electron chi connectivity index (χ2n) is 8.11. The summed E-state index contributed by atoms with van der Waals surface area (Å²) in [7, 11) is 1.46. The van der Waals surface area contributed by atoms with Crippen molar-refractivity contribution in [3.05, 3.63) is 97.1 Å². The van der Waals surface area contributed by atoms with Crippen LogP contribution in [0.3, 0.4) is 0 Å². The van der Waals surface area contributed by atoms with Crippen molar-refractivity contribution in [2.75, 3.05) is 20.5 Å². The Morgan fingerprint density at radius 2 is 1.89 bits per heavy atom. The van der Waals surface area contributed by atoms with Crippen molar-refractivity contribution in [3.63, 3.8) is 0 Å². The zero-order valence-electron chi connectivity index (χ0n) is 19.2. The highest BCUT2D eigenvalue weighted by Gasteiger charge is 2.41. The molecule has 0 saturated heterocycles. The third-order valence-corrected chi connectivity index (χ3v) is 6.54. The van der Waals surface area contributed by atoms with Crippen molar-refractivity contribution in [1.82, 2.24) is 9.47 Å². The number of aliphatic hydroxyl groups excluding tert-OH is 1. The summed E-state index contributed by atoms with van der Waals surface area (Å²) in [5, 5.41) is 11.1. The van der Waals surface area contributed by atoms with E-state index in [9.17, 15) is 19.1 Å². The number of methoxy groups -OCH3 is 1. The largest absolute Gasteiger partial charge is 0.483 e. The van der Waals surface area contributed by atoms with E-state index in [1.54, 1.807) is 0 Å². The molecule has 4 rings (SSSR count). The van der Waals surface area contributed by atoms with Gasteiger partial charge in [0, 0.05) is 19.9 Å². The zero-order valence-corrected chi connectivity index (χ0v) is 21.5. The predicted molar refractivity (Wildman–Crippen MR) is 133 cm³/mol. The van der Waals surface area contributed by atoms with E-state index in [1.165, 1.54) is 41.0 Å². The first-order chi connectivity index (χ1) is 17.3. The highest BCUT2D eigenvalue weighted by Crippen LogP contribution is 2.33. The van der Waals surface area contributed by atoms with Gasteiger partial charge >= 0.3 is 0 Å². The summed E-state index contributed by atoms with van der Waals surface area (Å²) in [4.78, 5) is 27.9. The topological polar surface area (TPSA) is 90.2 Å². The van der Waals surface area contributed by atoms with E-state index >= 15 is 0 Å². The summed E-state index contributed by atoms with van der Waals surface area (Å²) < 4.78 is 31.7. The number of amides is 1. The number of fused-ring (bicyclic) bond motifs is 1. The lowest BCUT2D eigenvalue weighted by molar-refractivity contribution is -0.0916. The molecule has 0 radical (unpaired) electrons. The molecule has 2 heterocycles. The van der Waals surface area contributed by atoms with Crippen LogP contribution in [0.15, 0.2) is 64.0 Å². The number of aromatic nitrogens is 1. The fraction of sp³-hybridized carbons (Fsp3) is 0.280. The van der Waals surface area contributed by atoms with Crippen molar-refractivity contribution in [2.45, 2.75) is 25.4 Å². The van der Waals surface area contributed by atoms with Crippen LogP contribution in [0.2, 0.25) is 5.02 Å². The molecule has 1 N–H and O–H groups in total. The quantitative estimate of drug-likeness (QED) is 0.302. The van der Waals surface area contributed by atoms with Crippen molar-refractivity contribution in [2.24, 2.45) is 0 Å². The Morgan fingerprint density at radius 3 is 2.58 bits per heavy atom. The third-order valence-electron chi connectivity index (χ3n) is 5.69. The van der Waals surface area contributed by atoms with Crippen LogP contribution >= 0.6 is 27.5 Å². The van der Waals surface area contributed by atoms with Gasteiger partial charge in [0.1, 0.15) is 25.3 Å². The van der Waals surface area contributed by atoms with Crippen LogP contribution < -0.4 is 10.2 Å². The number of ether oxygens (including phenoxy) is 3. The standard InChI is InChI=1S/C25H23BrClFN2O6/c1-34-14-35-13-20-24(32)30(10-16-7-8-19(28)18(27)9-16)25(33)21-23(22(31)17(26)11-29(20)21)36-12-15-5-3-2-4-6-15/h2-9,11,20,24,32H,10,12-14H2,1H3. The third kappa shape index (κ3) is 5.47. The number of carbonyl (C=O) groups is 1. The fourth-order valence-corrected chi connectivity index (χ4v) is 4.54. The van der Waals surface area contributed by atoms with Gasteiger partial charge < -0.3 is 28.8 Å². The summed E-state index contributed by atoms with van der Waals surface area (Å²) in [6, 6.07) is 12.4. The minimum atomic E-state index is -1.35. The van der Waals surface area contributed by atoms with E-state index in [0.717, 1.165) is 5.56 Å². The molecule has 11 heteroatoms. The van der Waals surface area contributed by atoms with Crippen molar-refractivity contribution >= 4 is 33.4 Å². The normalized spacial score (nSPS) is 17.2. The zero-order chi connectivity index (χ0) is 25.8. The number of hydrogen-bond donors (Lipinski definition) is 1. The Balaban J connectivity index is 1.77. The minimum absolute atomic E-state index is 0.0383. The van der Waals surface area contributed by atoms with E-state index in [2.05, 4.69) is 15.9 Å². The second kappa shape index (κ2) is 11.5. The number of carbonyl (C=O) groups excluding carboxylic acids is 1. The number of rotatable bonds is 9. The van der Waals surface area contributed by atoms with E-state index < -0.39 is 29.4 Å². The number of benzene rings is 2. The average molecular weight is 582 g/mol. The molecule has 0 saturated carbocycles. The van der Waals surface area contributed by atoms with Gasteiger partial charge in [0.15, 0.2) is 17.7 Å². The Labute approximate surface area is 219 Å². The fourth-order valence-electron chi connectivity index (χ4n) is 3.94. The summed E-state index contributed by atoms with van der Waals surface area (Å²) in [6.07, 6.45) is 0.0863. The smallest absolute Gasteiger partial charge is 0.276 e. The molecule has 3 aromatic rings. The Kier molecular flexibility index (Phi) is 8.43.